The first-order valence-corrected chi connectivity index (χ1v) is 9.75. The van der Waals surface area contributed by atoms with E-state index >= 15 is 0 Å². The molecule has 2 N–H and O–H groups in total. The fourth-order valence-corrected chi connectivity index (χ4v) is 4.61. The van der Waals surface area contributed by atoms with Gasteiger partial charge in [-0.3, -0.25) is 4.90 Å². The van der Waals surface area contributed by atoms with Crippen molar-refractivity contribution in [3.8, 4) is 0 Å². The maximum Gasteiger partial charge on any atom is 0.315 e. The Hall–Kier alpha value is -0.860. The molecule has 0 radical (unpaired) electrons. The average molecular weight is 333 g/mol. The van der Waals surface area contributed by atoms with Crippen molar-refractivity contribution in [2.75, 3.05) is 44.3 Å². The molecule has 0 aliphatic carbocycles. The van der Waals surface area contributed by atoms with Crippen molar-refractivity contribution >= 4 is 15.9 Å². The fourth-order valence-electron chi connectivity index (χ4n) is 2.94. The largest absolute Gasteiger partial charge is 0.374 e. The van der Waals surface area contributed by atoms with Crippen LogP contribution < -0.4 is 10.6 Å². The molecule has 0 aromatic heterocycles. The van der Waals surface area contributed by atoms with Crippen LogP contribution in [0.4, 0.5) is 4.79 Å². The number of ether oxygens (including phenoxy) is 1. The lowest BCUT2D eigenvalue weighted by molar-refractivity contribution is -0.0290. The highest BCUT2D eigenvalue weighted by Crippen LogP contribution is 2.11. The summed E-state index contributed by atoms with van der Waals surface area (Å²) in [6.07, 6.45) is 0.489. The molecule has 2 rings (SSSR count). The second kappa shape index (κ2) is 7.61. The van der Waals surface area contributed by atoms with Crippen LogP contribution in [0.3, 0.4) is 0 Å². The number of sulfone groups is 1. The van der Waals surface area contributed by atoms with Gasteiger partial charge in [-0.05, 0) is 12.3 Å². The van der Waals surface area contributed by atoms with Gasteiger partial charge in [-0.2, -0.15) is 0 Å². The minimum atomic E-state index is -2.97. The van der Waals surface area contributed by atoms with Gasteiger partial charge < -0.3 is 15.4 Å². The third kappa shape index (κ3) is 5.73. The molecule has 2 aliphatic heterocycles. The van der Waals surface area contributed by atoms with Crippen LogP contribution in [0.5, 0.6) is 0 Å². The van der Waals surface area contributed by atoms with Crippen LogP contribution in [-0.4, -0.2) is 75.8 Å². The Kier molecular flexibility index (Phi) is 6.05. The molecular formula is C14H27N3O4S. The summed E-state index contributed by atoms with van der Waals surface area (Å²) in [5.74, 6) is 0.815. The zero-order chi connectivity index (χ0) is 16.2. The molecule has 2 amide bonds. The van der Waals surface area contributed by atoms with E-state index in [2.05, 4.69) is 29.4 Å². The number of carbonyl (C=O) groups is 1. The normalized spacial score (nSPS) is 28.7. The molecule has 7 nitrogen and oxygen atoms in total. The van der Waals surface area contributed by atoms with Gasteiger partial charge in [0.1, 0.15) is 0 Å². The van der Waals surface area contributed by atoms with Gasteiger partial charge in [0, 0.05) is 32.2 Å². The molecule has 2 atom stereocenters. The molecule has 0 saturated carbocycles. The average Bonchev–Trinajstić information content (AvgIpc) is 2.75. The summed E-state index contributed by atoms with van der Waals surface area (Å²) in [5, 5.41) is 5.50. The van der Waals surface area contributed by atoms with Gasteiger partial charge in [-0.15, -0.1) is 0 Å². The molecule has 2 heterocycles. The summed E-state index contributed by atoms with van der Waals surface area (Å²) in [6.45, 7) is 8.28. The molecule has 2 aliphatic rings. The summed E-state index contributed by atoms with van der Waals surface area (Å²) in [4.78, 5) is 14.2. The number of urea groups is 1. The van der Waals surface area contributed by atoms with Crippen LogP contribution in [0.15, 0.2) is 0 Å². The van der Waals surface area contributed by atoms with Gasteiger partial charge in [-0.1, -0.05) is 13.8 Å². The smallest absolute Gasteiger partial charge is 0.315 e. The quantitative estimate of drug-likeness (QED) is 0.729. The van der Waals surface area contributed by atoms with Crippen molar-refractivity contribution in [2.24, 2.45) is 5.92 Å². The highest BCUT2D eigenvalue weighted by atomic mass is 32.2. The van der Waals surface area contributed by atoms with Crippen molar-refractivity contribution in [1.82, 2.24) is 15.5 Å². The number of hydrogen-bond donors (Lipinski definition) is 2. The first kappa shape index (κ1) is 17.5. The fraction of sp³-hybridized carbons (Fsp3) is 0.929. The number of hydrogen-bond acceptors (Lipinski definition) is 5. The lowest BCUT2D eigenvalue weighted by Gasteiger charge is -2.34. The predicted molar refractivity (Wildman–Crippen MR) is 84.6 cm³/mol. The number of nitrogens with one attached hydrogen (secondary N) is 2. The lowest BCUT2D eigenvalue weighted by atomic mass is 10.2. The van der Waals surface area contributed by atoms with Crippen LogP contribution in [0.1, 0.15) is 20.3 Å². The maximum absolute atomic E-state index is 11.8. The van der Waals surface area contributed by atoms with Gasteiger partial charge in [0.15, 0.2) is 9.84 Å². The topological polar surface area (TPSA) is 87.7 Å². The summed E-state index contributed by atoms with van der Waals surface area (Å²) in [7, 11) is -2.97. The molecular weight excluding hydrogens is 306 g/mol. The van der Waals surface area contributed by atoms with Gasteiger partial charge in [0.05, 0.1) is 24.2 Å². The van der Waals surface area contributed by atoms with E-state index < -0.39 is 9.84 Å². The van der Waals surface area contributed by atoms with Crippen molar-refractivity contribution in [2.45, 2.75) is 32.4 Å². The molecule has 2 saturated heterocycles. The SMILES string of the molecule is CC(C)CN1CCOC(CNC(=O)NC2CCS(=O)(=O)C2)C1. The van der Waals surface area contributed by atoms with E-state index in [0.717, 1.165) is 19.6 Å². The Morgan fingerprint density at radius 3 is 2.82 bits per heavy atom. The first-order valence-electron chi connectivity index (χ1n) is 7.93. The molecule has 2 fully saturated rings. The van der Waals surface area contributed by atoms with Crippen LogP contribution in [0, 0.1) is 5.92 Å². The third-order valence-corrected chi connectivity index (χ3v) is 5.67. The minimum Gasteiger partial charge on any atom is -0.374 e. The van der Waals surface area contributed by atoms with Crippen molar-refractivity contribution < 1.29 is 17.9 Å². The van der Waals surface area contributed by atoms with Gasteiger partial charge >= 0.3 is 6.03 Å². The highest BCUT2D eigenvalue weighted by Gasteiger charge is 2.29. The molecule has 128 valence electrons. The van der Waals surface area contributed by atoms with Gasteiger partial charge in [-0.25, -0.2) is 13.2 Å². The van der Waals surface area contributed by atoms with E-state index in [1.807, 2.05) is 0 Å². The number of morpholine rings is 1. The third-order valence-electron chi connectivity index (χ3n) is 3.90. The van der Waals surface area contributed by atoms with Crippen molar-refractivity contribution in [3.05, 3.63) is 0 Å². The summed E-state index contributed by atoms with van der Waals surface area (Å²) >= 11 is 0. The predicted octanol–water partition coefficient (Wildman–Crippen LogP) is -0.170. The monoisotopic (exact) mass is 333 g/mol. The lowest BCUT2D eigenvalue weighted by Crippen LogP contribution is -2.51. The Morgan fingerprint density at radius 2 is 2.18 bits per heavy atom. The number of amides is 2. The summed E-state index contributed by atoms with van der Waals surface area (Å²) < 4.78 is 28.4. The Bertz CT molecular complexity index is 480. The summed E-state index contributed by atoms with van der Waals surface area (Å²) in [5.41, 5.74) is 0. The van der Waals surface area contributed by atoms with E-state index in [4.69, 9.17) is 4.74 Å². The van der Waals surface area contributed by atoms with Crippen molar-refractivity contribution in [1.29, 1.82) is 0 Å². The second-order valence-electron chi connectivity index (χ2n) is 6.60. The van der Waals surface area contributed by atoms with Crippen LogP contribution >= 0.6 is 0 Å². The Labute approximate surface area is 132 Å². The maximum atomic E-state index is 11.8. The molecule has 8 heteroatoms. The molecule has 22 heavy (non-hydrogen) atoms. The first-order chi connectivity index (χ1) is 10.3. The van der Waals surface area contributed by atoms with Crippen LogP contribution in [0.2, 0.25) is 0 Å². The minimum absolute atomic E-state index is 0.00874. The number of nitrogens with zero attached hydrogens (tertiary/aromatic N) is 1. The summed E-state index contributed by atoms with van der Waals surface area (Å²) in [6, 6.07) is -0.582. The molecule has 2 unspecified atom stereocenters. The second-order valence-corrected chi connectivity index (χ2v) is 8.83. The highest BCUT2D eigenvalue weighted by molar-refractivity contribution is 7.91. The molecule has 0 bridgehead atoms. The number of rotatable bonds is 5. The van der Waals surface area contributed by atoms with Crippen LogP contribution in [-0.2, 0) is 14.6 Å². The number of carbonyl (C=O) groups excluding carboxylic acids is 1. The van der Waals surface area contributed by atoms with E-state index in [9.17, 15) is 13.2 Å². The Morgan fingerprint density at radius 1 is 1.41 bits per heavy atom. The molecule has 0 spiro atoms. The Balaban J connectivity index is 1.67. The van der Waals surface area contributed by atoms with Crippen LogP contribution in [0.25, 0.3) is 0 Å². The zero-order valence-electron chi connectivity index (χ0n) is 13.4. The van der Waals surface area contributed by atoms with Gasteiger partial charge in [0.25, 0.3) is 0 Å². The van der Waals surface area contributed by atoms with Gasteiger partial charge in [0.2, 0.25) is 0 Å². The van der Waals surface area contributed by atoms with Crippen molar-refractivity contribution in [3.63, 3.8) is 0 Å². The standard InChI is InChI=1S/C14H27N3O4S/c1-11(2)8-17-4-5-21-13(9-17)7-15-14(18)16-12-3-6-22(19,20)10-12/h11-13H,3-10H2,1-2H3,(H2,15,16,18). The van der Waals surface area contributed by atoms with E-state index in [1.165, 1.54) is 0 Å². The molecule has 0 aromatic rings. The van der Waals surface area contributed by atoms with E-state index in [1.54, 1.807) is 0 Å². The molecule has 0 aromatic carbocycles. The zero-order valence-corrected chi connectivity index (χ0v) is 14.2. The van der Waals surface area contributed by atoms with E-state index in [-0.39, 0.29) is 29.7 Å². The van der Waals surface area contributed by atoms with E-state index in [0.29, 0.717) is 25.5 Å².